The van der Waals surface area contributed by atoms with Gasteiger partial charge in [-0.05, 0) is 51.6 Å². The zero-order chi connectivity index (χ0) is 13.3. The molecule has 0 fully saturated rings. The highest BCUT2D eigenvalue weighted by Gasteiger charge is 2.14. The summed E-state index contributed by atoms with van der Waals surface area (Å²) < 4.78 is 15.1. The maximum Gasteiger partial charge on any atom is 0.148 e. The van der Waals surface area contributed by atoms with E-state index in [9.17, 15) is 4.39 Å². The molecule has 18 heavy (non-hydrogen) atoms. The van der Waals surface area contributed by atoms with Crippen LogP contribution in [0.1, 0.15) is 30.2 Å². The molecule has 1 aromatic heterocycles. The highest BCUT2D eigenvalue weighted by Crippen LogP contribution is 2.23. The van der Waals surface area contributed by atoms with Crippen molar-refractivity contribution in [3.8, 4) is 5.69 Å². The number of halogens is 1. The van der Waals surface area contributed by atoms with Crippen LogP contribution in [0.15, 0.2) is 18.2 Å². The smallest absolute Gasteiger partial charge is 0.148 e. The fraction of sp³-hybridized carbons (Fsp3) is 0.385. The van der Waals surface area contributed by atoms with Crippen molar-refractivity contribution in [3.05, 3.63) is 41.2 Å². The highest BCUT2D eigenvalue weighted by molar-refractivity contribution is 5.43. The standard InChI is InChI=1S/C13H17FN4/c1-8(15-4)12-7-11(14)5-6-13(12)18-10(3)16-9(2)17-18/h5-8,15H,1-4H3. The Kier molecular flexibility index (Phi) is 3.43. The largest absolute Gasteiger partial charge is 0.313 e. The van der Waals surface area contributed by atoms with Crippen molar-refractivity contribution in [2.24, 2.45) is 0 Å². The molecule has 0 bridgehead atoms. The third-order valence-corrected chi connectivity index (χ3v) is 2.99. The molecule has 1 aromatic carbocycles. The number of benzene rings is 1. The molecule has 2 rings (SSSR count). The number of nitrogens with zero attached hydrogens (tertiary/aromatic N) is 3. The van der Waals surface area contributed by atoms with Crippen LogP contribution in [0.25, 0.3) is 5.69 Å². The number of hydrogen-bond donors (Lipinski definition) is 1. The summed E-state index contributed by atoms with van der Waals surface area (Å²) in [6.45, 7) is 5.71. The van der Waals surface area contributed by atoms with Gasteiger partial charge in [0.1, 0.15) is 17.5 Å². The molecule has 5 heteroatoms. The van der Waals surface area contributed by atoms with Gasteiger partial charge in [-0.25, -0.2) is 14.1 Å². The Bertz CT molecular complexity index is 562. The van der Waals surface area contributed by atoms with Crippen molar-refractivity contribution >= 4 is 0 Å². The van der Waals surface area contributed by atoms with Crippen molar-refractivity contribution < 1.29 is 4.39 Å². The topological polar surface area (TPSA) is 42.7 Å². The third kappa shape index (κ3) is 2.26. The zero-order valence-corrected chi connectivity index (χ0v) is 11.0. The molecule has 0 saturated carbocycles. The summed E-state index contributed by atoms with van der Waals surface area (Å²) >= 11 is 0. The molecule has 1 N–H and O–H groups in total. The van der Waals surface area contributed by atoms with Crippen LogP contribution in [-0.4, -0.2) is 21.8 Å². The molecule has 0 aliphatic rings. The first-order chi connectivity index (χ1) is 8.52. The van der Waals surface area contributed by atoms with E-state index in [1.54, 1.807) is 10.7 Å². The average molecular weight is 248 g/mol. The van der Waals surface area contributed by atoms with Crippen LogP contribution in [0.2, 0.25) is 0 Å². The summed E-state index contributed by atoms with van der Waals surface area (Å²) in [5.41, 5.74) is 1.72. The lowest BCUT2D eigenvalue weighted by atomic mass is 10.1. The van der Waals surface area contributed by atoms with Gasteiger partial charge in [-0.15, -0.1) is 0 Å². The highest BCUT2D eigenvalue weighted by atomic mass is 19.1. The zero-order valence-electron chi connectivity index (χ0n) is 11.0. The van der Waals surface area contributed by atoms with E-state index in [4.69, 9.17) is 0 Å². The van der Waals surface area contributed by atoms with Gasteiger partial charge in [-0.2, -0.15) is 5.10 Å². The lowest BCUT2D eigenvalue weighted by Crippen LogP contribution is -2.16. The summed E-state index contributed by atoms with van der Waals surface area (Å²) in [5, 5.41) is 7.46. The molecule has 96 valence electrons. The molecule has 1 heterocycles. The molecule has 0 saturated heterocycles. The van der Waals surface area contributed by atoms with Crippen LogP contribution in [0.5, 0.6) is 0 Å². The molecule has 0 aliphatic carbocycles. The SMILES string of the molecule is CNC(C)c1cc(F)ccc1-n1nc(C)nc1C. The van der Waals surface area contributed by atoms with Crippen LogP contribution in [-0.2, 0) is 0 Å². The van der Waals surface area contributed by atoms with E-state index in [2.05, 4.69) is 15.4 Å². The quantitative estimate of drug-likeness (QED) is 0.906. The molecular weight excluding hydrogens is 231 g/mol. The second-order valence-electron chi connectivity index (χ2n) is 4.33. The number of hydrogen-bond acceptors (Lipinski definition) is 3. The van der Waals surface area contributed by atoms with Gasteiger partial charge in [0.05, 0.1) is 5.69 Å². The van der Waals surface area contributed by atoms with Gasteiger partial charge in [0.2, 0.25) is 0 Å². The van der Waals surface area contributed by atoms with E-state index in [0.29, 0.717) is 5.82 Å². The fourth-order valence-corrected chi connectivity index (χ4v) is 1.97. The molecular formula is C13H17FN4. The first-order valence-electron chi connectivity index (χ1n) is 5.90. The van der Waals surface area contributed by atoms with E-state index in [1.807, 2.05) is 27.8 Å². The van der Waals surface area contributed by atoms with Gasteiger partial charge < -0.3 is 5.32 Å². The van der Waals surface area contributed by atoms with E-state index < -0.39 is 0 Å². The van der Waals surface area contributed by atoms with Gasteiger partial charge in [-0.1, -0.05) is 0 Å². The Morgan fingerprint density at radius 3 is 2.61 bits per heavy atom. The maximum atomic E-state index is 13.4. The number of nitrogens with one attached hydrogen (secondary N) is 1. The summed E-state index contributed by atoms with van der Waals surface area (Å²) in [4.78, 5) is 4.27. The normalized spacial score (nSPS) is 12.7. The Hall–Kier alpha value is -1.75. The van der Waals surface area contributed by atoms with Crippen molar-refractivity contribution in [2.45, 2.75) is 26.8 Å². The van der Waals surface area contributed by atoms with Crippen LogP contribution in [0, 0.1) is 19.7 Å². The first kappa shape index (κ1) is 12.7. The van der Waals surface area contributed by atoms with Crippen molar-refractivity contribution in [2.75, 3.05) is 7.05 Å². The average Bonchev–Trinajstić information content (AvgIpc) is 2.67. The van der Waals surface area contributed by atoms with Gasteiger partial charge in [0.25, 0.3) is 0 Å². The Balaban J connectivity index is 2.60. The second-order valence-corrected chi connectivity index (χ2v) is 4.33. The monoisotopic (exact) mass is 248 g/mol. The van der Waals surface area contributed by atoms with Gasteiger partial charge in [0.15, 0.2) is 0 Å². The van der Waals surface area contributed by atoms with Crippen LogP contribution < -0.4 is 5.32 Å². The van der Waals surface area contributed by atoms with Gasteiger partial charge in [-0.3, -0.25) is 0 Å². The summed E-state index contributed by atoms with van der Waals surface area (Å²) in [7, 11) is 1.85. The maximum absolute atomic E-state index is 13.4. The van der Waals surface area contributed by atoms with Crippen molar-refractivity contribution in [3.63, 3.8) is 0 Å². The Labute approximate surface area is 106 Å². The molecule has 0 spiro atoms. The Morgan fingerprint density at radius 1 is 1.33 bits per heavy atom. The van der Waals surface area contributed by atoms with Crippen LogP contribution >= 0.6 is 0 Å². The van der Waals surface area contributed by atoms with E-state index in [-0.39, 0.29) is 11.9 Å². The summed E-state index contributed by atoms with van der Waals surface area (Å²) in [6, 6.07) is 4.75. The van der Waals surface area contributed by atoms with Crippen LogP contribution in [0.3, 0.4) is 0 Å². The van der Waals surface area contributed by atoms with Gasteiger partial charge >= 0.3 is 0 Å². The molecule has 0 radical (unpaired) electrons. The minimum absolute atomic E-state index is 0.0413. The molecule has 1 unspecified atom stereocenters. The number of aromatic nitrogens is 3. The van der Waals surface area contributed by atoms with Crippen molar-refractivity contribution in [1.29, 1.82) is 0 Å². The van der Waals surface area contributed by atoms with Gasteiger partial charge in [0, 0.05) is 6.04 Å². The minimum atomic E-state index is -0.245. The van der Waals surface area contributed by atoms with E-state index >= 15 is 0 Å². The predicted molar refractivity (Wildman–Crippen MR) is 68.3 cm³/mol. The summed E-state index contributed by atoms with van der Waals surface area (Å²) in [5.74, 6) is 1.26. The molecule has 4 nitrogen and oxygen atoms in total. The summed E-state index contributed by atoms with van der Waals surface area (Å²) in [6.07, 6.45) is 0. The van der Waals surface area contributed by atoms with E-state index in [0.717, 1.165) is 17.1 Å². The molecule has 0 aliphatic heterocycles. The van der Waals surface area contributed by atoms with Crippen molar-refractivity contribution in [1.82, 2.24) is 20.1 Å². The number of rotatable bonds is 3. The predicted octanol–water partition coefficient (Wildman–Crippen LogP) is 2.30. The van der Waals surface area contributed by atoms with Crippen LogP contribution in [0.4, 0.5) is 4.39 Å². The lowest BCUT2D eigenvalue weighted by Gasteiger charge is -2.16. The molecule has 2 aromatic rings. The Morgan fingerprint density at radius 2 is 2.06 bits per heavy atom. The molecule has 0 amide bonds. The van der Waals surface area contributed by atoms with E-state index in [1.165, 1.54) is 12.1 Å². The first-order valence-corrected chi connectivity index (χ1v) is 5.90. The molecule has 1 atom stereocenters. The third-order valence-electron chi connectivity index (χ3n) is 2.99. The lowest BCUT2D eigenvalue weighted by molar-refractivity contribution is 0.603. The number of aryl methyl sites for hydroxylation is 2. The fourth-order valence-electron chi connectivity index (χ4n) is 1.97. The minimum Gasteiger partial charge on any atom is -0.313 e. The second kappa shape index (κ2) is 4.86.